The van der Waals surface area contributed by atoms with Crippen LogP contribution in [0.1, 0.15) is 39.2 Å². The van der Waals surface area contributed by atoms with E-state index in [4.69, 9.17) is 4.74 Å². The smallest absolute Gasteiger partial charge is 0.410 e. The third kappa shape index (κ3) is 5.54. The van der Waals surface area contributed by atoms with E-state index >= 15 is 0 Å². The van der Waals surface area contributed by atoms with Gasteiger partial charge in [-0.2, -0.15) is 0 Å². The molecule has 1 aromatic rings. The molecule has 1 aromatic heterocycles. The highest BCUT2D eigenvalue weighted by Gasteiger charge is 2.30. The van der Waals surface area contributed by atoms with Gasteiger partial charge in [0, 0.05) is 32.0 Å². The molecule has 0 radical (unpaired) electrons. The Balaban J connectivity index is 1.85. The summed E-state index contributed by atoms with van der Waals surface area (Å²) < 4.78 is 5.38. The second kappa shape index (κ2) is 7.44. The summed E-state index contributed by atoms with van der Waals surface area (Å²) in [5.41, 5.74) is 0.438. The fourth-order valence-electron chi connectivity index (χ4n) is 2.52. The summed E-state index contributed by atoms with van der Waals surface area (Å²) in [7, 11) is 0. The van der Waals surface area contributed by atoms with Crippen LogP contribution in [0.5, 0.6) is 0 Å². The van der Waals surface area contributed by atoms with E-state index in [9.17, 15) is 9.59 Å². The molecular weight excluding hydrogens is 294 g/mol. The molecule has 1 N–H and O–H groups in total. The number of carbonyl (C=O) groups excluding carboxylic acids is 2. The zero-order valence-corrected chi connectivity index (χ0v) is 14.0. The maximum atomic E-state index is 12.3. The van der Waals surface area contributed by atoms with Crippen molar-refractivity contribution in [1.82, 2.24) is 15.2 Å². The molecule has 0 aromatic carbocycles. The van der Waals surface area contributed by atoms with Gasteiger partial charge in [0.2, 0.25) is 5.91 Å². The van der Waals surface area contributed by atoms with E-state index in [0.29, 0.717) is 19.6 Å². The Hall–Kier alpha value is -2.11. The van der Waals surface area contributed by atoms with E-state index < -0.39 is 5.60 Å². The van der Waals surface area contributed by atoms with Crippen molar-refractivity contribution in [3.63, 3.8) is 0 Å². The average molecular weight is 319 g/mol. The number of hydrogen-bond acceptors (Lipinski definition) is 4. The molecule has 2 heterocycles. The number of rotatable bonds is 3. The van der Waals surface area contributed by atoms with Crippen LogP contribution in [0.15, 0.2) is 24.5 Å². The number of amides is 2. The standard InChI is InChI=1S/C17H25N3O3/c1-17(2,3)23-16(22)20-9-5-7-14(12-20)15(21)19-11-13-6-4-8-18-10-13/h4,6,8,10,14H,5,7,9,11-12H2,1-3H3,(H,19,21)/t14-/m1/s1. The van der Waals surface area contributed by atoms with Crippen LogP contribution < -0.4 is 5.32 Å². The molecule has 2 amide bonds. The van der Waals surface area contributed by atoms with Gasteiger partial charge in [-0.1, -0.05) is 6.07 Å². The summed E-state index contributed by atoms with van der Waals surface area (Å²) in [6.07, 6.45) is 4.68. The van der Waals surface area contributed by atoms with Gasteiger partial charge in [-0.15, -0.1) is 0 Å². The lowest BCUT2D eigenvalue weighted by Gasteiger charge is -2.33. The minimum atomic E-state index is -0.521. The summed E-state index contributed by atoms with van der Waals surface area (Å²) >= 11 is 0. The SMILES string of the molecule is CC(C)(C)OC(=O)N1CCC[C@@H](C(=O)NCc2cccnc2)C1. The normalized spacial score (nSPS) is 18.4. The highest BCUT2D eigenvalue weighted by atomic mass is 16.6. The molecule has 1 aliphatic heterocycles. The molecule has 0 unspecified atom stereocenters. The summed E-state index contributed by atoms with van der Waals surface area (Å²) in [6, 6.07) is 3.76. The molecule has 0 bridgehead atoms. The van der Waals surface area contributed by atoms with Crippen LogP contribution in [0.4, 0.5) is 4.79 Å². The largest absolute Gasteiger partial charge is 0.444 e. The van der Waals surface area contributed by atoms with Crippen molar-refractivity contribution in [2.45, 2.75) is 45.8 Å². The van der Waals surface area contributed by atoms with Crippen LogP contribution in [-0.4, -0.2) is 40.6 Å². The van der Waals surface area contributed by atoms with Crippen LogP contribution in [0.2, 0.25) is 0 Å². The molecule has 0 saturated carbocycles. The number of likely N-dealkylation sites (tertiary alicyclic amines) is 1. The second-order valence-corrected chi connectivity index (χ2v) is 6.84. The summed E-state index contributed by atoms with van der Waals surface area (Å²) in [5.74, 6) is -0.213. The van der Waals surface area contributed by atoms with Gasteiger partial charge >= 0.3 is 6.09 Å². The Kier molecular flexibility index (Phi) is 5.58. The van der Waals surface area contributed by atoms with E-state index in [1.807, 2.05) is 32.9 Å². The van der Waals surface area contributed by atoms with Crippen molar-refractivity contribution in [3.8, 4) is 0 Å². The van der Waals surface area contributed by atoms with Gasteiger partial charge in [-0.05, 0) is 45.2 Å². The lowest BCUT2D eigenvalue weighted by atomic mass is 9.97. The topological polar surface area (TPSA) is 71.5 Å². The van der Waals surface area contributed by atoms with Gasteiger partial charge in [-0.25, -0.2) is 4.79 Å². The molecule has 1 fully saturated rings. The number of aromatic nitrogens is 1. The first-order chi connectivity index (χ1) is 10.8. The monoisotopic (exact) mass is 319 g/mol. The lowest BCUT2D eigenvalue weighted by Crippen LogP contribution is -2.46. The first kappa shape index (κ1) is 17.2. The molecule has 0 aliphatic carbocycles. The highest BCUT2D eigenvalue weighted by Crippen LogP contribution is 2.19. The molecule has 1 saturated heterocycles. The first-order valence-corrected chi connectivity index (χ1v) is 8.00. The van der Waals surface area contributed by atoms with E-state index in [0.717, 1.165) is 18.4 Å². The Morgan fingerprint density at radius 1 is 1.43 bits per heavy atom. The van der Waals surface area contributed by atoms with Crippen LogP contribution in [-0.2, 0) is 16.1 Å². The number of ether oxygens (including phenoxy) is 1. The van der Waals surface area contributed by atoms with E-state index in [2.05, 4.69) is 10.3 Å². The Morgan fingerprint density at radius 2 is 2.22 bits per heavy atom. The molecule has 1 atom stereocenters. The quantitative estimate of drug-likeness (QED) is 0.928. The zero-order valence-electron chi connectivity index (χ0n) is 14.0. The van der Waals surface area contributed by atoms with Gasteiger partial charge in [-0.3, -0.25) is 9.78 Å². The molecule has 2 rings (SSSR count). The van der Waals surface area contributed by atoms with Crippen LogP contribution in [0.3, 0.4) is 0 Å². The van der Waals surface area contributed by atoms with Gasteiger partial charge in [0.1, 0.15) is 5.60 Å². The van der Waals surface area contributed by atoms with Crippen molar-refractivity contribution < 1.29 is 14.3 Å². The van der Waals surface area contributed by atoms with E-state index in [1.165, 1.54) is 0 Å². The summed E-state index contributed by atoms with van der Waals surface area (Å²) in [5, 5.41) is 2.92. The number of nitrogens with zero attached hydrogens (tertiary/aromatic N) is 2. The summed E-state index contributed by atoms with van der Waals surface area (Å²) in [4.78, 5) is 30.1. The van der Waals surface area contributed by atoms with Crippen molar-refractivity contribution in [2.24, 2.45) is 5.92 Å². The van der Waals surface area contributed by atoms with Crippen molar-refractivity contribution in [1.29, 1.82) is 0 Å². The zero-order chi connectivity index (χ0) is 16.9. The Bertz CT molecular complexity index is 540. The summed E-state index contributed by atoms with van der Waals surface area (Å²) in [6.45, 7) is 7.03. The third-order valence-corrected chi connectivity index (χ3v) is 3.63. The molecule has 1 aliphatic rings. The maximum absolute atomic E-state index is 12.3. The van der Waals surface area contributed by atoms with Crippen LogP contribution >= 0.6 is 0 Å². The predicted octanol–water partition coefficient (Wildman–Crippen LogP) is 2.34. The maximum Gasteiger partial charge on any atom is 0.410 e. The van der Waals surface area contributed by atoms with Gasteiger partial charge in [0.15, 0.2) is 0 Å². The Labute approximate surface area is 137 Å². The Morgan fingerprint density at radius 3 is 2.87 bits per heavy atom. The average Bonchev–Trinajstić information content (AvgIpc) is 2.52. The molecule has 23 heavy (non-hydrogen) atoms. The molecular formula is C17H25N3O3. The number of carbonyl (C=O) groups is 2. The predicted molar refractivity (Wildman–Crippen MR) is 86.6 cm³/mol. The molecule has 6 heteroatoms. The number of nitrogens with one attached hydrogen (secondary N) is 1. The minimum absolute atomic E-state index is 0.0258. The second-order valence-electron chi connectivity index (χ2n) is 6.84. The van der Waals surface area contributed by atoms with Gasteiger partial charge in [0.05, 0.1) is 5.92 Å². The van der Waals surface area contributed by atoms with Crippen LogP contribution in [0.25, 0.3) is 0 Å². The molecule has 6 nitrogen and oxygen atoms in total. The minimum Gasteiger partial charge on any atom is -0.444 e. The fraction of sp³-hybridized carbons (Fsp3) is 0.588. The van der Waals surface area contributed by atoms with E-state index in [-0.39, 0.29) is 17.9 Å². The number of pyridine rings is 1. The van der Waals surface area contributed by atoms with Gasteiger partial charge in [0.25, 0.3) is 0 Å². The highest BCUT2D eigenvalue weighted by molar-refractivity contribution is 5.80. The fourth-order valence-corrected chi connectivity index (χ4v) is 2.52. The first-order valence-electron chi connectivity index (χ1n) is 8.00. The van der Waals surface area contributed by atoms with Gasteiger partial charge < -0.3 is 15.0 Å². The van der Waals surface area contributed by atoms with Crippen molar-refractivity contribution >= 4 is 12.0 Å². The van der Waals surface area contributed by atoms with E-state index in [1.54, 1.807) is 17.3 Å². The number of hydrogen-bond donors (Lipinski definition) is 1. The molecule has 126 valence electrons. The lowest BCUT2D eigenvalue weighted by molar-refractivity contribution is -0.126. The number of piperidine rings is 1. The van der Waals surface area contributed by atoms with Crippen molar-refractivity contribution in [2.75, 3.05) is 13.1 Å². The molecule has 0 spiro atoms. The third-order valence-electron chi connectivity index (χ3n) is 3.63. The van der Waals surface area contributed by atoms with Crippen molar-refractivity contribution in [3.05, 3.63) is 30.1 Å². The van der Waals surface area contributed by atoms with Crippen LogP contribution in [0, 0.1) is 5.92 Å².